The molecular weight excluding hydrogens is 554 g/mol. The zero-order valence-corrected chi connectivity index (χ0v) is 25.7. The van der Waals surface area contributed by atoms with Crippen LogP contribution in [-0.2, 0) is 30.3 Å². The summed E-state index contributed by atoms with van der Waals surface area (Å²) in [7, 11) is 1.20. The Bertz CT molecular complexity index is 1190. The molecule has 2 unspecified atom stereocenters. The molecule has 0 saturated heterocycles. The van der Waals surface area contributed by atoms with Crippen molar-refractivity contribution in [1.82, 2.24) is 15.5 Å². The number of hydrogen-bond acceptors (Lipinski definition) is 8. The van der Waals surface area contributed by atoms with Gasteiger partial charge in [0.25, 0.3) is 0 Å². The highest BCUT2D eigenvalue weighted by atomic mass is 16.6. The third-order valence-corrected chi connectivity index (χ3v) is 6.55. The number of methoxy groups -OCH3 is 1. The second-order valence-electron chi connectivity index (χ2n) is 11.3. The zero-order valence-electron chi connectivity index (χ0n) is 25.7. The Labute approximate surface area is 253 Å². The Hall–Kier alpha value is -4.28. The lowest BCUT2D eigenvalue weighted by atomic mass is 9.99. The molecule has 0 fully saturated rings. The number of benzene rings is 2. The maximum atomic E-state index is 14.4. The number of esters is 1. The molecule has 2 aromatic rings. The second-order valence-corrected chi connectivity index (χ2v) is 11.3. The minimum absolute atomic E-state index is 0.0216. The van der Waals surface area contributed by atoms with E-state index in [1.807, 2.05) is 0 Å². The van der Waals surface area contributed by atoms with E-state index in [1.54, 1.807) is 32.9 Å². The summed E-state index contributed by atoms with van der Waals surface area (Å²) in [5, 5.41) is 24.9. The predicted octanol–water partition coefficient (Wildman–Crippen LogP) is 4.36. The second kappa shape index (κ2) is 17.0. The van der Waals surface area contributed by atoms with Gasteiger partial charge in [-0.15, -0.1) is 0 Å². The summed E-state index contributed by atoms with van der Waals surface area (Å²) in [5.41, 5.74) is 0.242. The normalized spacial score (nSPS) is 12.5. The van der Waals surface area contributed by atoms with Gasteiger partial charge in [-0.2, -0.15) is 0 Å². The number of phenols is 2. The lowest BCUT2D eigenvalue weighted by Crippen LogP contribution is -2.54. The number of carbonyl (C=O) groups excluding carboxylic acids is 4. The van der Waals surface area contributed by atoms with Crippen LogP contribution < -0.4 is 10.6 Å². The maximum Gasteiger partial charge on any atom is 0.408 e. The zero-order chi connectivity index (χ0) is 32.0. The smallest absolute Gasteiger partial charge is 0.408 e. The quantitative estimate of drug-likeness (QED) is 0.174. The van der Waals surface area contributed by atoms with Gasteiger partial charge in [0.2, 0.25) is 11.8 Å². The number of carbonyl (C=O) groups is 4. The highest BCUT2D eigenvalue weighted by Gasteiger charge is 2.36. The summed E-state index contributed by atoms with van der Waals surface area (Å²) < 4.78 is 10.1. The molecule has 2 rings (SSSR count). The molecule has 4 N–H and O–H groups in total. The lowest BCUT2D eigenvalue weighted by molar-refractivity contribution is -0.144. The van der Waals surface area contributed by atoms with Gasteiger partial charge >= 0.3 is 12.1 Å². The largest absolute Gasteiger partial charge is 0.508 e. The summed E-state index contributed by atoms with van der Waals surface area (Å²) in [6.45, 7) is 6.99. The summed E-state index contributed by atoms with van der Waals surface area (Å²) in [6.07, 6.45) is 3.65. The van der Waals surface area contributed by atoms with Crippen LogP contribution >= 0.6 is 0 Å². The van der Waals surface area contributed by atoms with E-state index in [1.165, 1.54) is 48.4 Å². The van der Waals surface area contributed by atoms with Gasteiger partial charge in [0.05, 0.1) is 7.11 Å². The molecule has 0 radical (unpaired) electrons. The Balaban J connectivity index is 2.54. The topological polar surface area (TPSA) is 154 Å². The number of alkyl carbamates (subject to hydrolysis) is 1. The van der Waals surface area contributed by atoms with Crippen molar-refractivity contribution in [2.75, 3.05) is 20.2 Å². The lowest BCUT2D eigenvalue weighted by Gasteiger charge is -2.34. The molecule has 0 heterocycles. The minimum Gasteiger partial charge on any atom is -0.508 e. The molecule has 2 aromatic carbocycles. The number of phenolic OH excluding ortho intramolecular Hbond substituents is 2. The van der Waals surface area contributed by atoms with Crippen molar-refractivity contribution in [3.8, 4) is 11.5 Å². The summed E-state index contributed by atoms with van der Waals surface area (Å²) in [5.74, 6) is -1.80. The number of nitrogens with zero attached hydrogens (tertiary/aromatic N) is 1. The standard InChI is InChI=1S/C32H45N3O8/c1-6-7-8-9-10-19-35(28(23-13-17-25(37)18-14-23)29(39)33-21-27(38)42-5)30(40)26(34-31(41)43-32(2,3)4)20-22-11-15-24(36)16-12-22/h11-18,26,28,36-37H,6-10,19-21H2,1-5H3,(H,33,39)(H,34,41). The molecule has 3 amide bonds. The first-order valence-corrected chi connectivity index (χ1v) is 14.6. The van der Waals surface area contributed by atoms with Gasteiger partial charge in [-0.25, -0.2) is 4.79 Å². The van der Waals surface area contributed by atoms with Crippen molar-refractivity contribution in [2.45, 2.75) is 83.9 Å². The number of amides is 3. The van der Waals surface area contributed by atoms with Crippen LogP contribution in [0, 0.1) is 0 Å². The van der Waals surface area contributed by atoms with Crippen molar-refractivity contribution in [1.29, 1.82) is 0 Å². The van der Waals surface area contributed by atoms with E-state index in [0.29, 0.717) is 17.5 Å². The highest BCUT2D eigenvalue weighted by molar-refractivity contribution is 5.93. The molecule has 0 spiro atoms. The summed E-state index contributed by atoms with van der Waals surface area (Å²) in [6, 6.07) is 9.81. The number of ether oxygens (including phenoxy) is 2. The van der Waals surface area contributed by atoms with E-state index >= 15 is 0 Å². The molecule has 0 aromatic heterocycles. The van der Waals surface area contributed by atoms with E-state index in [0.717, 1.165) is 25.7 Å². The molecule has 0 saturated carbocycles. The third-order valence-electron chi connectivity index (χ3n) is 6.55. The average molecular weight is 600 g/mol. The number of unbranched alkanes of at least 4 members (excludes halogenated alkanes) is 4. The van der Waals surface area contributed by atoms with Crippen molar-refractivity contribution in [3.63, 3.8) is 0 Å². The molecule has 43 heavy (non-hydrogen) atoms. The SMILES string of the molecule is CCCCCCCN(C(=O)C(Cc1ccc(O)cc1)NC(=O)OC(C)(C)C)C(C(=O)NCC(=O)OC)c1ccc(O)cc1. The van der Waals surface area contributed by atoms with Crippen LogP contribution in [0.25, 0.3) is 0 Å². The molecule has 0 aliphatic heterocycles. The molecule has 0 aliphatic carbocycles. The highest BCUT2D eigenvalue weighted by Crippen LogP contribution is 2.26. The van der Waals surface area contributed by atoms with E-state index in [4.69, 9.17) is 4.74 Å². The first-order chi connectivity index (χ1) is 20.3. The van der Waals surface area contributed by atoms with Crippen LogP contribution in [0.15, 0.2) is 48.5 Å². The van der Waals surface area contributed by atoms with E-state index < -0.39 is 48.1 Å². The van der Waals surface area contributed by atoms with Crippen LogP contribution in [-0.4, -0.2) is 70.8 Å². The Morgan fingerprint density at radius 1 is 0.884 bits per heavy atom. The number of hydrogen-bond donors (Lipinski definition) is 4. The maximum absolute atomic E-state index is 14.4. The molecule has 2 atom stereocenters. The summed E-state index contributed by atoms with van der Waals surface area (Å²) in [4.78, 5) is 54.2. The minimum atomic E-state index is -1.19. The van der Waals surface area contributed by atoms with Crippen molar-refractivity contribution < 1.29 is 38.9 Å². The predicted molar refractivity (Wildman–Crippen MR) is 161 cm³/mol. The monoisotopic (exact) mass is 599 g/mol. The van der Waals surface area contributed by atoms with E-state index in [2.05, 4.69) is 22.3 Å². The number of rotatable bonds is 15. The number of nitrogens with one attached hydrogen (secondary N) is 2. The molecular formula is C32H45N3O8. The van der Waals surface area contributed by atoms with Gasteiger partial charge in [-0.3, -0.25) is 14.4 Å². The molecule has 236 valence electrons. The Kier molecular flexibility index (Phi) is 13.8. The molecule has 0 bridgehead atoms. The first-order valence-electron chi connectivity index (χ1n) is 14.6. The van der Waals surface area contributed by atoms with Gasteiger partial charge in [-0.1, -0.05) is 56.9 Å². The first kappa shape index (κ1) is 34.9. The van der Waals surface area contributed by atoms with Gasteiger partial charge in [0.15, 0.2) is 0 Å². The van der Waals surface area contributed by atoms with Gasteiger partial charge in [0, 0.05) is 13.0 Å². The van der Waals surface area contributed by atoms with Crippen molar-refractivity contribution in [3.05, 3.63) is 59.7 Å². The van der Waals surface area contributed by atoms with E-state index in [9.17, 15) is 29.4 Å². The van der Waals surface area contributed by atoms with Crippen LogP contribution in [0.4, 0.5) is 4.79 Å². The Morgan fingerprint density at radius 3 is 2.02 bits per heavy atom. The van der Waals surface area contributed by atoms with Crippen LogP contribution in [0.3, 0.4) is 0 Å². The van der Waals surface area contributed by atoms with Crippen molar-refractivity contribution in [2.24, 2.45) is 0 Å². The average Bonchev–Trinajstić information content (AvgIpc) is 2.95. The van der Waals surface area contributed by atoms with Crippen molar-refractivity contribution >= 4 is 23.9 Å². The third kappa shape index (κ3) is 12.2. The molecule has 11 heteroatoms. The van der Waals surface area contributed by atoms with E-state index in [-0.39, 0.29) is 24.5 Å². The summed E-state index contributed by atoms with van der Waals surface area (Å²) >= 11 is 0. The fourth-order valence-electron chi connectivity index (χ4n) is 4.43. The fraction of sp³-hybridized carbons (Fsp3) is 0.500. The van der Waals surface area contributed by atoms with Gasteiger partial charge in [-0.05, 0) is 62.6 Å². The molecule has 11 nitrogen and oxygen atoms in total. The van der Waals surface area contributed by atoms with Gasteiger partial charge < -0.3 is 35.2 Å². The van der Waals surface area contributed by atoms with Crippen LogP contribution in [0.1, 0.15) is 77.0 Å². The molecule has 0 aliphatic rings. The fourth-order valence-corrected chi connectivity index (χ4v) is 4.43. The van der Waals surface area contributed by atoms with Gasteiger partial charge in [0.1, 0.15) is 35.7 Å². The number of aromatic hydroxyl groups is 2. The Morgan fingerprint density at radius 2 is 1.47 bits per heavy atom. The van der Waals surface area contributed by atoms with Crippen LogP contribution in [0.2, 0.25) is 0 Å². The van der Waals surface area contributed by atoms with Crippen LogP contribution in [0.5, 0.6) is 11.5 Å².